The van der Waals surface area contributed by atoms with Crippen LogP contribution in [0, 0.1) is 0 Å². The molecule has 0 saturated carbocycles. The summed E-state index contributed by atoms with van der Waals surface area (Å²) in [7, 11) is 1.46. The fourth-order valence-corrected chi connectivity index (χ4v) is 1.41. The molecule has 6 heteroatoms. The first kappa shape index (κ1) is 12.8. The predicted octanol–water partition coefficient (Wildman–Crippen LogP) is 0.807. The van der Waals surface area contributed by atoms with Gasteiger partial charge in [-0.1, -0.05) is 11.2 Å². The zero-order valence-corrected chi connectivity index (χ0v) is 9.38. The van der Waals surface area contributed by atoms with Gasteiger partial charge in [0.2, 0.25) is 0 Å². The van der Waals surface area contributed by atoms with Gasteiger partial charge in [0.05, 0.1) is 12.7 Å². The molecule has 0 heterocycles. The van der Waals surface area contributed by atoms with Gasteiger partial charge >= 0.3 is 5.97 Å². The van der Waals surface area contributed by atoms with Crippen molar-refractivity contribution in [2.75, 3.05) is 7.11 Å². The number of oxime groups is 1. The minimum absolute atomic E-state index is 0.0477. The molecule has 0 amide bonds. The highest BCUT2D eigenvalue weighted by Gasteiger charge is 2.09. The van der Waals surface area contributed by atoms with Crippen LogP contribution in [-0.2, 0) is 11.2 Å². The topological polar surface area (TPSA) is 105 Å². The first-order valence-corrected chi connectivity index (χ1v) is 4.95. The highest BCUT2D eigenvalue weighted by atomic mass is 16.5. The SMILES string of the molecule is COc1cc(CCC(=O)O)ccc1/C(N)=N\O. The van der Waals surface area contributed by atoms with Crippen LogP contribution in [0.3, 0.4) is 0 Å². The third kappa shape index (κ3) is 3.37. The third-order valence-corrected chi connectivity index (χ3v) is 2.28. The maximum absolute atomic E-state index is 10.4. The van der Waals surface area contributed by atoms with Crippen LogP contribution in [0.1, 0.15) is 17.5 Å². The number of aliphatic carboxylic acids is 1. The Hall–Kier alpha value is -2.24. The number of hydrogen-bond donors (Lipinski definition) is 3. The number of nitrogens with two attached hydrogens (primary N) is 1. The molecule has 1 rings (SSSR count). The summed E-state index contributed by atoms with van der Waals surface area (Å²) in [6.07, 6.45) is 0.453. The maximum atomic E-state index is 10.4. The summed E-state index contributed by atoms with van der Waals surface area (Å²) in [6.45, 7) is 0. The number of carboxylic acid groups (broad SMARTS) is 1. The summed E-state index contributed by atoms with van der Waals surface area (Å²) >= 11 is 0. The van der Waals surface area contributed by atoms with Crippen LogP contribution < -0.4 is 10.5 Å². The van der Waals surface area contributed by atoms with Gasteiger partial charge in [-0.05, 0) is 24.1 Å². The second-order valence-electron chi connectivity index (χ2n) is 3.41. The summed E-state index contributed by atoms with van der Waals surface area (Å²) in [4.78, 5) is 10.4. The van der Waals surface area contributed by atoms with Crippen molar-refractivity contribution in [2.45, 2.75) is 12.8 Å². The van der Waals surface area contributed by atoms with Crippen molar-refractivity contribution in [1.29, 1.82) is 0 Å². The van der Waals surface area contributed by atoms with Gasteiger partial charge in [0.25, 0.3) is 0 Å². The van der Waals surface area contributed by atoms with Crippen LogP contribution in [0.2, 0.25) is 0 Å². The van der Waals surface area contributed by atoms with E-state index in [0.29, 0.717) is 17.7 Å². The largest absolute Gasteiger partial charge is 0.496 e. The Morgan fingerprint density at radius 1 is 1.53 bits per heavy atom. The van der Waals surface area contributed by atoms with E-state index in [2.05, 4.69) is 5.16 Å². The number of methoxy groups -OCH3 is 1. The Morgan fingerprint density at radius 2 is 2.24 bits per heavy atom. The van der Waals surface area contributed by atoms with Crippen LogP contribution in [0.4, 0.5) is 0 Å². The molecule has 0 fully saturated rings. The molecule has 6 nitrogen and oxygen atoms in total. The first-order chi connectivity index (χ1) is 8.08. The Morgan fingerprint density at radius 3 is 2.76 bits per heavy atom. The van der Waals surface area contributed by atoms with Gasteiger partial charge in [0.1, 0.15) is 5.75 Å². The van der Waals surface area contributed by atoms with Gasteiger partial charge in [-0.2, -0.15) is 0 Å². The maximum Gasteiger partial charge on any atom is 0.303 e. The van der Waals surface area contributed by atoms with E-state index in [1.54, 1.807) is 18.2 Å². The van der Waals surface area contributed by atoms with Crippen LogP contribution >= 0.6 is 0 Å². The lowest BCUT2D eigenvalue weighted by Crippen LogP contribution is -2.14. The van der Waals surface area contributed by atoms with Crippen LogP contribution in [0.15, 0.2) is 23.4 Å². The Kier molecular flexibility index (Phi) is 4.33. The Balaban J connectivity index is 2.96. The fraction of sp³-hybridized carbons (Fsp3) is 0.273. The summed E-state index contributed by atoms with van der Waals surface area (Å²) < 4.78 is 5.10. The molecule has 92 valence electrons. The number of hydrogen-bond acceptors (Lipinski definition) is 4. The van der Waals surface area contributed by atoms with Crippen molar-refractivity contribution < 1.29 is 19.8 Å². The lowest BCUT2D eigenvalue weighted by atomic mass is 10.1. The van der Waals surface area contributed by atoms with Gasteiger partial charge in [-0.15, -0.1) is 0 Å². The van der Waals surface area contributed by atoms with Crippen molar-refractivity contribution in [2.24, 2.45) is 10.9 Å². The lowest BCUT2D eigenvalue weighted by Gasteiger charge is -2.09. The summed E-state index contributed by atoms with van der Waals surface area (Å²) in [5.41, 5.74) is 6.75. The highest BCUT2D eigenvalue weighted by molar-refractivity contribution is 5.99. The number of carboxylic acids is 1. The van der Waals surface area contributed by atoms with Crippen LogP contribution in [-0.4, -0.2) is 29.2 Å². The molecule has 0 saturated heterocycles. The van der Waals surface area contributed by atoms with Crippen molar-refractivity contribution >= 4 is 11.8 Å². The Labute approximate surface area is 98.3 Å². The second kappa shape index (κ2) is 5.74. The molecule has 0 unspecified atom stereocenters. The van der Waals surface area contributed by atoms with Gasteiger partial charge in [0, 0.05) is 6.42 Å². The van der Waals surface area contributed by atoms with Crippen LogP contribution in [0.25, 0.3) is 0 Å². The fourth-order valence-electron chi connectivity index (χ4n) is 1.41. The molecule has 0 atom stereocenters. The van der Waals surface area contributed by atoms with E-state index in [9.17, 15) is 4.79 Å². The molecule has 0 radical (unpaired) electrons. The predicted molar refractivity (Wildman–Crippen MR) is 61.5 cm³/mol. The molecule has 17 heavy (non-hydrogen) atoms. The van der Waals surface area contributed by atoms with E-state index in [1.165, 1.54) is 7.11 Å². The van der Waals surface area contributed by atoms with E-state index < -0.39 is 5.97 Å². The molecule has 0 aromatic heterocycles. The van der Waals surface area contributed by atoms with E-state index in [4.69, 9.17) is 20.8 Å². The number of aryl methyl sites for hydroxylation is 1. The molecule has 0 bridgehead atoms. The van der Waals surface area contributed by atoms with Crippen molar-refractivity contribution in [3.05, 3.63) is 29.3 Å². The van der Waals surface area contributed by atoms with E-state index in [1.807, 2.05) is 0 Å². The molecular formula is C11H14N2O4. The zero-order valence-electron chi connectivity index (χ0n) is 9.38. The van der Waals surface area contributed by atoms with E-state index in [0.717, 1.165) is 5.56 Å². The molecule has 1 aromatic carbocycles. The average Bonchev–Trinajstić information content (AvgIpc) is 2.34. The molecule has 0 spiro atoms. The molecule has 1 aromatic rings. The zero-order chi connectivity index (χ0) is 12.8. The summed E-state index contributed by atoms with van der Waals surface area (Å²) in [5, 5.41) is 20.1. The van der Waals surface area contributed by atoms with Gasteiger partial charge < -0.3 is 20.8 Å². The van der Waals surface area contributed by atoms with Crippen molar-refractivity contribution in [3.8, 4) is 5.75 Å². The van der Waals surface area contributed by atoms with Crippen molar-refractivity contribution in [3.63, 3.8) is 0 Å². The minimum atomic E-state index is -0.857. The standard InChI is InChI=1S/C11H14N2O4/c1-17-9-6-7(3-5-10(14)15)2-4-8(9)11(12)13-16/h2,4,6,16H,3,5H2,1H3,(H2,12,13)(H,14,15). The molecular weight excluding hydrogens is 224 g/mol. The van der Waals surface area contributed by atoms with E-state index in [-0.39, 0.29) is 12.3 Å². The number of nitrogens with zero attached hydrogens (tertiary/aromatic N) is 1. The number of rotatable bonds is 5. The average molecular weight is 238 g/mol. The summed E-state index contributed by atoms with van der Waals surface area (Å²) in [5.74, 6) is -0.459. The molecule has 4 N–H and O–H groups in total. The number of ether oxygens (including phenoxy) is 1. The number of carbonyl (C=O) groups is 1. The molecule has 0 aliphatic carbocycles. The van der Waals surface area contributed by atoms with Gasteiger partial charge in [0.15, 0.2) is 5.84 Å². The third-order valence-electron chi connectivity index (χ3n) is 2.28. The van der Waals surface area contributed by atoms with Crippen LogP contribution in [0.5, 0.6) is 5.75 Å². The van der Waals surface area contributed by atoms with Gasteiger partial charge in [-0.3, -0.25) is 4.79 Å². The van der Waals surface area contributed by atoms with E-state index >= 15 is 0 Å². The smallest absolute Gasteiger partial charge is 0.303 e. The molecule has 0 aliphatic rings. The quantitative estimate of drug-likeness (QED) is 0.304. The van der Waals surface area contributed by atoms with Gasteiger partial charge in [-0.25, -0.2) is 0 Å². The number of amidine groups is 1. The highest BCUT2D eigenvalue weighted by Crippen LogP contribution is 2.20. The number of benzene rings is 1. The minimum Gasteiger partial charge on any atom is -0.496 e. The van der Waals surface area contributed by atoms with Crippen molar-refractivity contribution in [1.82, 2.24) is 0 Å². The lowest BCUT2D eigenvalue weighted by molar-refractivity contribution is -0.136. The molecule has 0 aliphatic heterocycles. The monoisotopic (exact) mass is 238 g/mol. The Bertz CT molecular complexity index is 443. The first-order valence-electron chi connectivity index (χ1n) is 4.95. The summed E-state index contributed by atoms with van der Waals surface area (Å²) in [6, 6.07) is 5.03. The second-order valence-corrected chi connectivity index (χ2v) is 3.41. The normalized spacial score (nSPS) is 11.2.